The third-order valence-corrected chi connectivity index (χ3v) is 6.59. The zero-order chi connectivity index (χ0) is 15.3. The summed E-state index contributed by atoms with van der Waals surface area (Å²) in [5.41, 5.74) is 6.36. The van der Waals surface area contributed by atoms with Gasteiger partial charge in [0.25, 0.3) is 0 Å². The highest BCUT2D eigenvalue weighted by Crippen LogP contribution is 2.43. The monoisotopic (exact) mass is 341 g/mol. The van der Waals surface area contributed by atoms with Crippen molar-refractivity contribution in [1.29, 1.82) is 0 Å². The van der Waals surface area contributed by atoms with E-state index in [4.69, 9.17) is 5.73 Å². The van der Waals surface area contributed by atoms with Crippen LogP contribution < -0.4 is 11.1 Å². The summed E-state index contributed by atoms with van der Waals surface area (Å²) in [6.45, 7) is 0.639. The minimum absolute atomic E-state index is 0. The minimum Gasteiger partial charge on any atom is -0.354 e. The number of halogens is 1. The van der Waals surface area contributed by atoms with E-state index in [0.717, 1.165) is 25.7 Å². The normalized spacial score (nSPS) is 42.5. The van der Waals surface area contributed by atoms with Crippen LogP contribution in [0.5, 0.6) is 0 Å². The molecular formula is C17H28ClN3O2. The van der Waals surface area contributed by atoms with Gasteiger partial charge >= 0.3 is 0 Å². The summed E-state index contributed by atoms with van der Waals surface area (Å²) in [6.07, 6.45) is 8.10. The van der Waals surface area contributed by atoms with Crippen LogP contribution in [0, 0.1) is 17.8 Å². The molecule has 130 valence electrons. The molecule has 4 atom stereocenters. The highest BCUT2D eigenvalue weighted by atomic mass is 35.5. The van der Waals surface area contributed by atoms with Crippen LogP contribution in [-0.2, 0) is 9.59 Å². The summed E-state index contributed by atoms with van der Waals surface area (Å²) in [4.78, 5) is 27.0. The summed E-state index contributed by atoms with van der Waals surface area (Å²) in [5.74, 6) is 1.63. The Labute approximate surface area is 144 Å². The first-order valence-corrected chi connectivity index (χ1v) is 8.98. The van der Waals surface area contributed by atoms with Crippen LogP contribution in [0.25, 0.3) is 0 Å². The lowest BCUT2D eigenvalue weighted by Crippen LogP contribution is -2.52. The van der Waals surface area contributed by atoms with Crippen LogP contribution in [-0.4, -0.2) is 41.4 Å². The lowest BCUT2D eigenvalue weighted by Gasteiger charge is -2.45. The van der Waals surface area contributed by atoms with Crippen molar-refractivity contribution in [1.82, 2.24) is 10.2 Å². The fourth-order valence-electron chi connectivity index (χ4n) is 5.44. The van der Waals surface area contributed by atoms with Crippen LogP contribution in [0.4, 0.5) is 0 Å². The molecule has 0 spiro atoms. The van der Waals surface area contributed by atoms with E-state index in [9.17, 15) is 9.59 Å². The first-order valence-electron chi connectivity index (χ1n) is 8.98. The molecule has 2 saturated heterocycles. The van der Waals surface area contributed by atoms with E-state index < -0.39 is 0 Å². The molecule has 2 saturated carbocycles. The summed E-state index contributed by atoms with van der Waals surface area (Å²) in [7, 11) is 0. The van der Waals surface area contributed by atoms with E-state index in [1.807, 2.05) is 0 Å². The SMILES string of the molecule is Cl.NC1C2CCCC1CC(C(=O)N1C3CCC1CC(=O)NC3)C2. The van der Waals surface area contributed by atoms with Gasteiger partial charge in [-0.05, 0) is 50.4 Å². The molecule has 3 N–H and O–H groups in total. The Hall–Kier alpha value is -0.810. The topological polar surface area (TPSA) is 75.4 Å². The van der Waals surface area contributed by atoms with Gasteiger partial charge in [0.15, 0.2) is 0 Å². The zero-order valence-electron chi connectivity index (χ0n) is 13.6. The summed E-state index contributed by atoms with van der Waals surface area (Å²) in [6, 6.07) is 0.664. The molecule has 4 fully saturated rings. The van der Waals surface area contributed by atoms with Gasteiger partial charge in [-0.15, -0.1) is 12.4 Å². The van der Waals surface area contributed by atoms with Crippen LogP contribution in [0.2, 0.25) is 0 Å². The molecule has 0 aromatic rings. The fourth-order valence-corrected chi connectivity index (χ4v) is 5.44. The van der Waals surface area contributed by atoms with Crippen molar-refractivity contribution in [3.63, 3.8) is 0 Å². The molecule has 2 aliphatic heterocycles. The Morgan fingerprint density at radius 1 is 1.09 bits per heavy atom. The van der Waals surface area contributed by atoms with E-state index in [1.54, 1.807) is 0 Å². The standard InChI is InChI=1S/C17H27N3O2.ClH/c18-16-10-2-1-3-11(16)7-12(6-10)17(22)20-13-4-5-14(20)9-19-15(21)8-13;/h10-14,16H,1-9,18H2,(H,19,21);1H. The maximum absolute atomic E-state index is 13.2. The van der Waals surface area contributed by atoms with Crippen LogP contribution >= 0.6 is 12.4 Å². The maximum atomic E-state index is 13.2. The molecular weight excluding hydrogens is 314 g/mol. The van der Waals surface area contributed by atoms with Gasteiger partial charge < -0.3 is 16.0 Å². The predicted octanol–water partition coefficient (Wildman–Crippen LogP) is 1.44. The second kappa shape index (κ2) is 6.60. The van der Waals surface area contributed by atoms with Gasteiger partial charge in [-0.3, -0.25) is 9.59 Å². The predicted molar refractivity (Wildman–Crippen MR) is 90.1 cm³/mol. The number of rotatable bonds is 1. The van der Waals surface area contributed by atoms with E-state index in [2.05, 4.69) is 10.2 Å². The van der Waals surface area contributed by atoms with Crippen molar-refractivity contribution < 1.29 is 9.59 Å². The zero-order valence-corrected chi connectivity index (χ0v) is 14.4. The Morgan fingerprint density at radius 3 is 2.43 bits per heavy atom. The molecule has 5 nitrogen and oxygen atoms in total. The number of hydrogen-bond donors (Lipinski definition) is 2. The Balaban J connectivity index is 0.00000156. The number of fused-ring (bicyclic) bond motifs is 4. The molecule has 23 heavy (non-hydrogen) atoms. The van der Waals surface area contributed by atoms with Crippen LogP contribution in [0.3, 0.4) is 0 Å². The molecule has 0 radical (unpaired) electrons. The summed E-state index contributed by atoms with van der Waals surface area (Å²) in [5, 5.41) is 2.96. The number of nitrogens with zero attached hydrogens (tertiary/aromatic N) is 1. The van der Waals surface area contributed by atoms with Gasteiger partial charge in [0, 0.05) is 37.0 Å². The van der Waals surface area contributed by atoms with Crippen molar-refractivity contribution in [3.05, 3.63) is 0 Å². The van der Waals surface area contributed by atoms with Crippen molar-refractivity contribution in [2.45, 2.75) is 69.5 Å². The second-order valence-electron chi connectivity index (χ2n) is 7.84. The molecule has 4 aliphatic rings. The number of hydrogen-bond acceptors (Lipinski definition) is 3. The highest BCUT2D eigenvalue weighted by Gasteiger charge is 2.46. The fraction of sp³-hybridized carbons (Fsp3) is 0.882. The summed E-state index contributed by atoms with van der Waals surface area (Å²) < 4.78 is 0. The lowest BCUT2D eigenvalue weighted by atomic mass is 9.65. The van der Waals surface area contributed by atoms with E-state index in [-0.39, 0.29) is 36.3 Å². The van der Waals surface area contributed by atoms with Crippen molar-refractivity contribution in [2.24, 2.45) is 23.5 Å². The molecule has 2 heterocycles. The van der Waals surface area contributed by atoms with Crippen molar-refractivity contribution >= 4 is 24.2 Å². The quantitative estimate of drug-likeness (QED) is 0.757. The largest absolute Gasteiger partial charge is 0.354 e. The highest BCUT2D eigenvalue weighted by molar-refractivity contribution is 5.85. The molecule has 4 bridgehead atoms. The number of amides is 2. The summed E-state index contributed by atoms with van der Waals surface area (Å²) >= 11 is 0. The first-order chi connectivity index (χ1) is 10.6. The third-order valence-electron chi connectivity index (χ3n) is 6.59. The van der Waals surface area contributed by atoms with E-state index in [1.165, 1.54) is 19.3 Å². The second-order valence-corrected chi connectivity index (χ2v) is 7.84. The van der Waals surface area contributed by atoms with Crippen molar-refractivity contribution in [2.75, 3.05) is 6.54 Å². The van der Waals surface area contributed by atoms with E-state index in [0.29, 0.717) is 36.8 Å². The lowest BCUT2D eigenvalue weighted by molar-refractivity contribution is -0.141. The average Bonchev–Trinajstić information content (AvgIpc) is 2.77. The molecule has 4 unspecified atom stereocenters. The number of nitrogens with two attached hydrogens (primary N) is 1. The van der Waals surface area contributed by atoms with Gasteiger partial charge in [-0.2, -0.15) is 0 Å². The Kier molecular flexibility index (Phi) is 4.88. The van der Waals surface area contributed by atoms with Crippen molar-refractivity contribution in [3.8, 4) is 0 Å². The van der Waals surface area contributed by atoms with Crippen LogP contribution in [0.15, 0.2) is 0 Å². The van der Waals surface area contributed by atoms with Crippen LogP contribution in [0.1, 0.15) is 51.4 Å². The Morgan fingerprint density at radius 2 is 1.74 bits per heavy atom. The smallest absolute Gasteiger partial charge is 0.226 e. The third kappa shape index (κ3) is 2.98. The molecule has 2 aliphatic carbocycles. The molecule has 0 aromatic carbocycles. The van der Waals surface area contributed by atoms with Gasteiger partial charge in [-0.25, -0.2) is 0 Å². The maximum Gasteiger partial charge on any atom is 0.226 e. The first kappa shape index (κ1) is 17.0. The molecule has 6 heteroatoms. The number of carbonyl (C=O) groups excluding carboxylic acids is 2. The van der Waals surface area contributed by atoms with Gasteiger partial charge in [0.05, 0.1) is 0 Å². The van der Waals surface area contributed by atoms with Gasteiger partial charge in [0.2, 0.25) is 11.8 Å². The number of nitrogens with one attached hydrogen (secondary N) is 1. The molecule has 0 aromatic heterocycles. The average molecular weight is 342 g/mol. The van der Waals surface area contributed by atoms with Gasteiger partial charge in [-0.1, -0.05) is 6.42 Å². The van der Waals surface area contributed by atoms with E-state index >= 15 is 0 Å². The molecule has 2 amide bonds. The van der Waals surface area contributed by atoms with Gasteiger partial charge in [0.1, 0.15) is 0 Å². The minimum atomic E-state index is 0. The molecule has 4 rings (SSSR count). The number of carbonyl (C=O) groups is 2. The Bertz CT molecular complexity index is 472.